The van der Waals surface area contributed by atoms with Crippen LogP contribution in [0.2, 0.25) is 0 Å². The van der Waals surface area contributed by atoms with Crippen LogP contribution >= 0.6 is 0 Å². The standard InChI is InChI=1S/C19H23NO/c1-14(2)18(19(21)15-10-6-5-7-11-15)16-12-8-9-13-17(16)20(3)4/h5-13,18-19,21H,1H2,2-4H3. The lowest BCUT2D eigenvalue weighted by Crippen LogP contribution is -2.17. The lowest BCUT2D eigenvalue weighted by molar-refractivity contribution is 0.158. The van der Waals surface area contributed by atoms with Crippen LogP contribution in [0.4, 0.5) is 5.69 Å². The quantitative estimate of drug-likeness (QED) is 0.832. The SMILES string of the molecule is C=C(C)C(c1ccccc1N(C)C)C(O)c1ccccc1. The van der Waals surface area contributed by atoms with E-state index in [9.17, 15) is 5.11 Å². The number of hydrogen-bond donors (Lipinski definition) is 1. The predicted octanol–water partition coefficient (Wildman–Crippen LogP) is 4.15. The fourth-order valence-electron chi connectivity index (χ4n) is 2.71. The molecule has 0 saturated heterocycles. The fraction of sp³-hybridized carbons (Fsp3) is 0.263. The molecule has 1 N–H and O–H groups in total. The van der Waals surface area contributed by atoms with Gasteiger partial charge < -0.3 is 10.0 Å². The van der Waals surface area contributed by atoms with Crippen molar-refractivity contribution in [2.45, 2.75) is 18.9 Å². The molecular weight excluding hydrogens is 258 g/mol. The van der Waals surface area contributed by atoms with Crippen molar-refractivity contribution in [2.24, 2.45) is 0 Å². The van der Waals surface area contributed by atoms with Crippen molar-refractivity contribution in [3.05, 3.63) is 77.9 Å². The summed E-state index contributed by atoms with van der Waals surface area (Å²) in [6.07, 6.45) is -0.593. The zero-order chi connectivity index (χ0) is 15.4. The van der Waals surface area contributed by atoms with Crippen LogP contribution in [0.25, 0.3) is 0 Å². The molecule has 2 atom stereocenters. The first-order valence-corrected chi connectivity index (χ1v) is 7.17. The number of hydrogen-bond acceptors (Lipinski definition) is 2. The van der Waals surface area contributed by atoms with Gasteiger partial charge in [0.05, 0.1) is 6.10 Å². The van der Waals surface area contributed by atoms with Gasteiger partial charge in [-0.1, -0.05) is 60.7 Å². The Morgan fingerprint density at radius 1 is 1.00 bits per heavy atom. The van der Waals surface area contributed by atoms with E-state index in [-0.39, 0.29) is 5.92 Å². The second kappa shape index (κ2) is 6.59. The van der Waals surface area contributed by atoms with Crippen molar-refractivity contribution in [1.29, 1.82) is 0 Å². The van der Waals surface area contributed by atoms with Crippen LogP contribution in [-0.2, 0) is 0 Å². The van der Waals surface area contributed by atoms with Gasteiger partial charge in [-0.3, -0.25) is 0 Å². The van der Waals surface area contributed by atoms with Gasteiger partial charge in [-0.15, -0.1) is 0 Å². The largest absolute Gasteiger partial charge is 0.387 e. The smallest absolute Gasteiger partial charge is 0.0896 e. The van der Waals surface area contributed by atoms with E-state index in [0.29, 0.717) is 0 Å². The molecule has 0 bridgehead atoms. The molecule has 0 heterocycles. The molecule has 0 aliphatic carbocycles. The number of benzene rings is 2. The normalized spacial score (nSPS) is 13.5. The molecule has 2 unspecified atom stereocenters. The molecule has 0 fully saturated rings. The van der Waals surface area contributed by atoms with Gasteiger partial charge in [0.15, 0.2) is 0 Å². The minimum Gasteiger partial charge on any atom is -0.387 e. The lowest BCUT2D eigenvalue weighted by atomic mass is 9.83. The van der Waals surface area contributed by atoms with E-state index in [1.807, 2.05) is 63.5 Å². The topological polar surface area (TPSA) is 23.5 Å². The average molecular weight is 281 g/mol. The summed E-state index contributed by atoms with van der Waals surface area (Å²) in [4.78, 5) is 2.07. The van der Waals surface area contributed by atoms with Gasteiger partial charge >= 0.3 is 0 Å². The highest BCUT2D eigenvalue weighted by Crippen LogP contribution is 2.39. The second-order valence-electron chi connectivity index (χ2n) is 5.63. The van der Waals surface area contributed by atoms with E-state index >= 15 is 0 Å². The molecule has 0 saturated carbocycles. The van der Waals surface area contributed by atoms with Gasteiger partial charge in [0.1, 0.15) is 0 Å². The summed E-state index contributed by atoms with van der Waals surface area (Å²) in [5.41, 5.74) is 4.09. The zero-order valence-electron chi connectivity index (χ0n) is 13.0. The minimum atomic E-state index is -0.593. The number of aliphatic hydroxyl groups excluding tert-OH is 1. The maximum Gasteiger partial charge on any atom is 0.0896 e. The van der Waals surface area contributed by atoms with Gasteiger partial charge in [0.2, 0.25) is 0 Å². The van der Waals surface area contributed by atoms with E-state index in [2.05, 4.69) is 23.6 Å². The molecule has 2 aromatic carbocycles. The highest BCUT2D eigenvalue weighted by molar-refractivity contribution is 5.56. The van der Waals surface area contributed by atoms with Crippen LogP contribution in [0.5, 0.6) is 0 Å². The Labute approximate surface area is 127 Å². The van der Waals surface area contributed by atoms with Gasteiger partial charge in [0, 0.05) is 25.7 Å². The molecule has 0 spiro atoms. The molecular formula is C19H23NO. The predicted molar refractivity (Wildman–Crippen MR) is 89.7 cm³/mol. The van der Waals surface area contributed by atoms with E-state index in [1.54, 1.807) is 0 Å². The third-order valence-electron chi connectivity index (χ3n) is 3.74. The minimum absolute atomic E-state index is 0.119. The highest BCUT2D eigenvalue weighted by atomic mass is 16.3. The van der Waals surface area contributed by atoms with Crippen LogP contribution < -0.4 is 4.90 Å². The Balaban J connectivity index is 2.48. The summed E-state index contributed by atoms with van der Waals surface area (Å²) in [7, 11) is 4.03. The molecule has 0 amide bonds. The molecule has 2 aromatic rings. The number of rotatable bonds is 5. The molecule has 0 aliphatic rings. The zero-order valence-corrected chi connectivity index (χ0v) is 13.0. The Kier molecular flexibility index (Phi) is 4.81. The van der Waals surface area contributed by atoms with Crippen molar-refractivity contribution < 1.29 is 5.11 Å². The van der Waals surface area contributed by atoms with Crippen molar-refractivity contribution in [2.75, 3.05) is 19.0 Å². The summed E-state index contributed by atoms with van der Waals surface area (Å²) >= 11 is 0. The summed E-state index contributed by atoms with van der Waals surface area (Å²) in [5, 5.41) is 10.8. The van der Waals surface area contributed by atoms with Gasteiger partial charge in [-0.2, -0.15) is 0 Å². The third-order valence-corrected chi connectivity index (χ3v) is 3.74. The Morgan fingerprint density at radius 3 is 2.14 bits per heavy atom. The number of para-hydroxylation sites is 1. The summed E-state index contributed by atoms with van der Waals surface area (Å²) < 4.78 is 0. The fourth-order valence-corrected chi connectivity index (χ4v) is 2.71. The number of aliphatic hydroxyl groups is 1. The average Bonchev–Trinajstić information content (AvgIpc) is 2.48. The van der Waals surface area contributed by atoms with Gasteiger partial charge in [0.25, 0.3) is 0 Å². The van der Waals surface area contributed by atoms with Crippen LogP contribution in [0, 0.1) is 0 Å². The van der Waals surface area contributed by atoms with Gasteiger partial charge in [-0.05, 0) is 24.1 Å². The summed E-state index contributed by atoms with van der Waals surface area (Å²) in [6.45, 7) is 6.08. The number of nitrogens with zero attached hydrogens (tertiary/aromatic N) is 1. The highest BCUT2D eigenvalue weighted by Gasteiger charge is 2.25. The van der Waals surface area contributed by atoms with Crippen LogP contribution in [0.3, 0.4) is 0 Å². The molecule has 0 aromatic heterocycles. The van der Waals surface area contributed by atoms with E-state index in [1.165, 1.54) is 0 Å². The molecule has 0 aliphatic heterocycles. The monoisotopic (exact) mass is 281 g/mol. The van der Waals surface area contributed by atoms with Gasteiger partial charge in [-0.25, -0.2) is 0 Å². The Morgan fingerprint density at radius 2 is 1.57 bits per heavy atom. The second-order valence-corrected chi connectivity index (χ2v) is 5.63. The van der Waals surface area contributed by atoms with E-state index < -0.39 is 6.10 Å². The Hall–Kier alpha value is -2.06. The first-order chi connectivity index (χ1) is 10.0. The summed E-state index contributed by atoms with van der Waals surface area (Å²) in [5.74, 6) is -0.119. The molecule has 2 rings (SSSR count). The number of anilines is 1. The summed E-state index contributed by atoms with van der Waals surface area (Å²) in [6, 6.07) is 17.9. The lowest BCUT2D eigenvalue weighted by Gasteiger charge is -2.28. The van der Waals surface area contributed by atoms with E-state index in [4.69, 9.17) is 0 Å². The molecule has 110 valence electrons. The van der Waals surface area contributed by atoms with Crippen LogP contribution in [0.15, 0.2) is 66.7 Å². The van der Waals surface area contributed by atoms with E-state index in [0.717, 1.165) is 22.4 Å². The van der Waals surface area contributed by atoms with Crippen molar-refractivity contribution in [1.82, 2.24) is 0 Å². The Bertz CT molecular complexity index is 604. The van der Waals surface area contributed by atoms with Crippen molar-refractivity contribution >= 4 is 5.69 Å². The molecule has 2 nitrogen and oxygen atoms in total. The first kappa shape index (κ1) is 15.3. The molecule has 0 radical (unpaired) electrons. The van der Waals surface area contributed by atoms with Crippen molar-refractivity contribution in [3.8, 4) is 0 Å². The maximum absolute atomic E-state index is 10.8. The molecule has 2 heteroatoms. The van der Waals surface area contributed by atoms with Crippen LogP contribution in [0.1, 0.15) is 30.1 Å². The molecule has 21 heavy (non-hydrogen) atoms. The van der Waals surface area contributed by atoms with Crippen LogP contribution in [-0.4, -0.2) is 19.2 Å². The first-order valence-electron chi connectivity index (χ1n) is 7.17. The third kappa shape index (κ3) is 3.34. The van der Waals surface area contributed by atoms with Crippen molar-refractivity contribution in [3.63, 3.8) is 0 Å². The maximum atomic E-state index is 10.8.